The Hall–Kier alpha value is -1.93. The average Bonchev–Trinajstić information content (AvgIpc) is 2.92. The van der Waals surface area contributed by atoms with Crippen LogP contribution in [0.25, 0.3) is 0 Å². The fraction of sp³-hybridized carbons (Fsp3) is 0.419. The quantitative estimate of drug-likeness (QED) is 0.380. The molecule has 3 aromatic rings. The van der Waals surface area contributed by atoms with Gasteiger partial charge in [-0.25, -0.2) is 0 Å². The highest BCUT2D eigenvalue weighted by Gasteiger charge is 2.55. The zero-order valence-electron chi connectivity index (χ0n) is 22.5. The summed E-state index contributed by atoms with van der Waals surface area (Å²) in [4.78, 5) is 0. The van der Waals surface area contributed by atoms with E-state index in [2.05, 4.69) is 107 Å². The molecule has 1 fully saturated rings. The van der Waals surface area contributed by atoms with E-state index in [9.17, 15) is 5.11 Å². The van der Waals surface area contributed by atoms with Crippen LogP contribution in [0.3, 0.4) is 0 Å². The topological polar surface area (TPSA) is 47.9 Å². The van der Waals surface area contributed by atoms with Crippen molar-refractivity contribution in [2.24, 2.45) is 5.92 Å². The van der Waals surface area contributed by atoms with Crippen molar-refractivity contribution >= 4 is 30.5 Å². The molecule has 3 aromatic carbocycles. The van der Waals surface area contributed by atoms with Gasteiger partial charge in [-0.15, -0.1) is 11.8 Å². The van der Waals surface area contributed by atoms with Gasteiger partial charge in [-0.2, -0.15) is 0 Å². The Balaban J connectivity index is 1.82. The third-order valence-corrected chi connectivity index (χ3v) is 13.4. The van der Waals surface area contributed by atoms with Crippen molar-refractivity contribution in [3.8, 4) is 0 Å². The predicted octanol–water partition coefficient (Wildman–Crippen LogP) is 5.23. The van der Waals surface area contributed by atoms with Crippen molar-refractivity contribution in [3.63, 3.8) is 0 Å². The molecule has 1 aliphatic rings. The first kappa shape index (κ1) is 28.1. The Morgan fingerprint density at radius 2 is 1.35 bits per heavy atom. The summed E-state index contributed by atoms with van der Waals surface area (Å²) in [5.41, 5.74) is 0.986. The first-order valence-corrected chi connectivity index (χ1v) is 16.2. The van der Waals surface area contributed by atoms with Crippen molar-refractivity contribution in [1.29, 1.82) is 0 Å². The van der Waals surface area contributed by atoms with Crippen LogP contribution in [0.4, 0.5) is 0 Å². The van der Waals surface area contributed by atoms with Crippen LogP contribution in [0.2, 0.25) is 5.04 Å². The van der Waals surface area contributed by atoms with Crippen LogP contribution in [-0.2, 0) is 20.5 Å². The highest BCUT2D eigenvalue weighted by Crippen LogP contribution is 2.42. The second kappa shape index (κ2) is 12.3. The second-order valence-electron chi connectivity index (χ2n) is 10.8. The molecule has 6 heteroatoms. The molecule has 4 rings (SSSR count). The number of benzene rings is 3. The molecule has 0 radical (unpaired) electrons. The van der Waals surface area contributed by atoms with Crippen molar-refractivity contribution < 1.29 is 19.0 Å². The molecule has 0 spiro atoms. The van der Waals surface area contributed by atoms with Crippen molar-refractivity contribution in [2.45, 2.75) is 63.1 Å². The summed E-state index contributed by atoms with van der Waals surface area (Å²) in [5, 5.41) is 12.7. The van der Waals surface area contributed by atoms with Crippen LogP contribution < -0.4 is 10.4 Å². The molecule has 5 atom stereocenters. The lowest BCUT2D eigenvalue weighted by Gasteiger charge is -2.51. The molecule has 0 saturated carbocycles. The predicted molar refractivity (Wildman–Crippen MR) is 156 cm³/mol. The minimum atomic E-state index is -2.84. The van der Waals surface area contributed by atoms with Crippen LogP contribution in [0.5, 0.6) is 0 Å². The molecule has 4 nitrogen and oxygen atoms in total. The van der Waals surface area contributed by atoms with Gasteiger partial charge in [-0.3, -0.25) is 0 Å². The van der Waals surface area contributed by atoms with Crippen molar-refractivity contribution in [1.82, 2.24) is 0 Å². The third kappa shape index (κ3) is 5.90. The minimum Gasteiger partial charge on any atom is -0.401 e. The molecule has 198 valence electrons. The summed E-state index contributed by atoms with van der Waals surface area (Å²) < 4.78 is 20.5. The van der Waals surface area contributed by atoms with E-state index in [1.807, 2.05) is 18.2 Å². The number of aliphatic hydroxyl groups is 1. The van der Waals surface area contributed by atoms with E-state index in [1.165, 1.54) is 10.4 Å². The molecular formula is C31H40O4SSi. The SMILES string of the molecule is CS[C@@H]1OC(CO)[C@H](OCc2ccccc2)[C@H](O[Si](c2ccccc2)(c2ccccc2)C(C)(C)C)C1C. The number of rotatable bonds is 9. The van der Waals surface area contributed by atoms with Gasteiger partial charge in [-0.05, 0) is 27.2 Å². The summed E-state index contributed by atoms with van der Waals surface area (Å²) in [6.45, 7) is 9.37. The van der Waals surface area contributed by atoms with Crippen molar-refractivity contribution in [2.75, 3.05) is 12.9 Å². The van der Waals surface area contributed by atoms with E-state index in [0.717, 1.165) is 5.56 Å². The van der Waals surface area contributed by atoms with Crippen molar-refractivity contribution in [3.05, 3.63) is 96.6 Å². The van der Waals surface area contributed by atoms with Gasteiger partial charge in [0.25, 0.3) is 8.32 Å². The highest BCUT2D eigenvalue weighted by atomic mass is 32.2. The molecule has 1 heterocycles. The van der Waals surface area contributed by atoms with Crippen LogP contribution in [0.15, 0.2) is 91.0 Å². The van der Waals surface area contributed by atoms with Gasteiger partial charge in [0.1, 0.15) is 17.6 Å². The highest BCUT2D eigenvalue weighted by molar-refractivity contribution is 7.99. The molecule has 0 amide bonds. The van der Waals surface area contributed by atoms with Crippen LogP contribution in [-0.4, -0.2) is 50.0 Å². The van der Waals surface area contributed by atoms with Gasteiger partial charge in [0.15, 0.2) is 0 Å². The van der Waals surface area contributed by atoms with Gasteiger partial charge >= 0.3 is 0 Å². The maximum absolute atomic E-state index is 10.4. The maximum atomic E-state index is 10.4. The summed E-state index contributed by atoms with van der Waals surface area (Å²) in [5.74, 6) is 0.0558. The molecule has 1 saturated heterocycles. The molecule has 0 aromatic heterocycles. The van der Waals surface area contributed by atoms with Crippen LogP contribution in [0, 0.1) is 5.92 Å². The molecule has 2 unspecified atom stereocenters. The average molecular weight is 537 g/mol. The lowest BCUT2D eigenvalue weighted by atomic mass is 9.93. The van der Waals surface area contributed by atoms with Gasteiger partial charge < -0.3 is 19.0 Å². The number of hydrogen-bond acceptors (Lipinski definition) is 5. The number of ether oxygens (including phenoxy) is 2. The molecular weight excluding hydrogens is 496 g/mol. The Morgan fingerprint density at radius 3 is 1.81 bits per heavy atom. The van der Waals surface area contributed by atoms with E-state index >= 15 is 0 Å². The largest absolute Gasteiger partial charge is 0.401 e. The second-order valence-corrected chi connectivity index (χ2v) is 16.0. The lowest BCUT2D eigenvalue weighted by Crippen LogP contribution is -2.71. The van der Waals surface area contributed by atoms with Gasteiger partial charge in [0.2, 0.25) is 0 Å². The summed E-state index contributed by atoms with van der Waals surface area (Å²) in [6, 6.07) is 31.5. The summed E-state index contributed by atoms with van der Waals surface area (Å²) in [7, 11) is -2.84. The smallest absolute Gasteiger partial charge is 0.261 e. The lowest BCUT2D eigenvalue weighted by molar-refractivity contribution is -0.199. The first-order chi connectivity index (χ1) is 17.8. The van der Waals surface area contributed by atoms with E-state index in [1.54, 1.807) is 11.8 Å². The Morgan fingerprint density at radius 1 is 0.838 bits per heavy atom. The fourth-order valence-electron chi connectivity index (χ4n) is 5.50. The maximum Gasteiger partial charge on any atom is 0.261 e. The van der Waals surface area contributed by atoms with E-state index in [-0.39, 0.29) is 29.1 Å². The number of hydrogen-bond donors (Lipinski definition) is 1. The zero-order valence-corrected chi connectivity index (χ0v) is 24.4. The Bertz CT molecular complexity index is 1050. The third-order valence-electron chi connectivity index (χ3n) is 7.37. The first-order valence-electron chi connectivity index (χ1n) is 13.1. The number of thioether (sulfide) groups is 1. The monoisotopic (exact) mass is 536 g/mol. The van der Waals surface area contributed by atoms with Gasteiger partial charge in [0, 0.05) is 5.92 Å². The zero-order chi connectivity index (χ0) is 26.5. The van der Waals surface area contributed by atoms with Gasteiger partial charge in [-0.1, -0.05) is 119 Å². The molecule has 0 aliphatic carbocycles. The fourth-order valence-corrected chi connectivity index (χ4v) is 11.1. The van der Waals surface area contributed by atoms with E-state index in [4.69, 9.17) is 13.9 Å². The minimum absolute atomic E-state index is 0.0558. The van der Waals surface area contributed by atoms with Crippen LogP contribution >= 0.6 is 11.8 Å². The molecule has 37 heavy (non-hydrogen) atoms. The Kier molecular flexibility index (Phi) is 9.32. The standard InChI is InChI=1S/C31H40O4SSi/c1-23-28(29(27(21-32)34-30(23)36-5)33-22-24-15-9-6-10-16-24)35-37(31(2,3)4,25-17-11-7-12-18-25)26-19-13-8-14-20-26/h6-20,23,27-30,32H,21-22H2,1-5H3/t23?,27?,28-,29+,30+/m1/s1. The summed E-state index contributed by atoms with van der Waals surface area (Å²) >= 11 is 1.66. The van der Waals surface area contributed by atoms with E-state index < -0.39 is 20.5 Å². The van der Waals surface area contributed by atoms with Gasteiger partial charge in [0.05, 0.1) is 19.3 Å². The number of aliphatic hydroxyl groups excluding tert-OH is 1. The molecule has 1 aliphatic heterocycles. The molecule has 1 N–H and O–H groups in total. The van der Waals surface area contributed by atoms with Crippen LogP contribution in [0.1, 0.15) is 33.3 Å². The molecule has 0 bridgehead atoms. The van der Waals surface area contributed by atoms with E-state index in [0.29, 0.717) is 6.61 Å². The Labute approximate surface area is 227 Å². The normalized spacial score (nSPS) is 24.6. The summed E-state index contributed by atoms with van der Waals surface area (Å²) in [6.07, 6.45) is 0.907.